The fraction of sp³-hybridized carbons (Fsp3) is 0.250. The summed E-state index contributed by atoms with van der Waals surface area (Å²) in [5, 5.41) is 4.01. The minimum Gasteiger partial charge on any atom is -0.494 e. The summed E-state index contributed by atoms with van der Waals surface area (Å²) in [6, 6.07) is 12.5. The number of methoxy groups -OCH3 is 1. The van der Waals surface area contributed by atoms with Crippen LogP contribution in [0.15, 0.2) is 42.5 Å². The van der Waals surface area contributed by atoms with E-state index in [0.717, 1.165) is 17.7 Å². The molecule has 1 unspecified atom stereocenters. The Morgan fingerprint density at radius 2 is 1.95 bits per heavy atom. The van der Waals surface area contributed by atoms with Crippen molar-refractivity contribution in [3.8, 4) is 5.75 Å². The van der Waals surface area contributed by atoms with E-state index in [4.69, 9.17) is 16.3 Å². The van der Waals surface area contributed by atoms with Gasteiger partial charge in [-0.05, 0) is 41.9 Å². The molecule has 0 bridgehead atoms. The quantitative estimate of drug-likeness (QED) is 0.892. The van der Waals surface area contributed by atoms with Crippen LogP contribution in [-0.2, 0) is 0 Å². The predicted molar refractivity (Wildman–Crippen MR) is 79.9 cm³/mol. The van der Waals surface area contributed by atoms with Crippen LogP contribution in [0.5, 0.6) is 5.75 Å². The lowest BCUT2D eigenvalue weighted by atomic mass is 9.98. The molecule has 0 heterocycles. The van der Waals surface area contributed by atoms with E-state index in [1.807, 2.05) is 37.3 Å². The van der Waals surface area contributed by atoms with Crippen LogP contribution >= 0.6 is 11.6 Å². The van der Waals surface area contributed by atoms with E-state index in [0.29, 0.717) is 5.02 Å². The second-order valence-electron chi connectivity index (χ2n) is 4.44. The highest BCUT2D eigenvalue weighted by Crippen LogP contribution is 2.27. The maximum Gasteiger partial charge on any atom is 0.165 e. The van der Waals surface area contributed by atoms with Crippen LogP contribution in [0, 0.1) is 5.82 Å². The van der Waals surface area contributed by atoms with Crippen molar-refractivity contribution >= 4 is 11.6 Å². The Hall–Kier alpha value is -1.58. The number of ether oxygens (including phenoxy) is 1. The minimum atomic E-state index is -0.366. The first-order chi connectivity index (χ1) is 9.65. The second-order valence-corrected chi connectivity index (χ2v) is 4.88. The van der Waals surface area contributed by atoms with Gasteiger partial charge in [-0.3, -0.25) is 0 Å². The first-order valence-corrected chi connectivity index (χ1v) is 6.85. The molecule has 0 amide bonds. The summed E-state index contributed by atoms with van der Waals surface area (Å²) < 4.78 is 18.8. The van der Waals surface area contributed by atoms with Gasteiger partial charge in [0.15, 0.2) is 11.6 Å². The summed E-state index contributed by atoms with van der Waals surface area (Å²) >= 11 is 6.03. The maximum atomic E-state index is 13.9. The van der Waals surface area contributed by atoms with Crippen molar-refractivity contribution in [1.82, 2.24) is 5.32 Å². The van der Waals surface area contributed by atoms with Crippen molar-refractivity contribution in [1.29, 1.82) is 0 Å². The van der Waals surface area contributed by atoms with E-state index in [-0.39, 0.29) is 17.6 Å². The van der Waals surface area contributed by atoms with E-state index in [9.17, 15) is 4.39 Å². The van der Waals surface area contributed by atoms with E-state index >= 15 is 0 Å². The van der Waals surface area contributed by atoms with Gasteiger partial charge in [-0.1, -0.05) is 36.7 Å². The van der Waals surface area contributed by atoms with Gasteiger partial charge in [0.2, 0.25) is 0 Å². The van der Waals surface area contributed by atoms with Gasteiger partial charge in [-0.2, -0.15) is 0 Å². The molecule has 0 aromatic heterocycles. The third kappa shape index (κ3) is 3.30. The molecular weight excluding hydrogens is 277 g/mol. The highest BCUT2D eigenvalue weighted by molar-refractivity contribution is 6.30. The van der Waals surface area contributed by atoms with Crippen molar-refractivity contribution in [3.63, 3.8) is 0 Å². The molecule has 1 N–H and O–H groups in total. The van der Waals surface area contributed by atoms with Crippen molar-refractivity contribution in [2.24, 2.45) is 0 Å². The molecule has 1 atom stereocenters. The lowest BCUT2D eigenvalue weighted by molar-refractivity contribution is 0.385. The van der Waals surface area contributed by atoms with Crippen LogP contribution in [0.1, 0.15) is 24.1 Å². The number of rotatable bonds is 5. The zero-order chi connectivity index (χ0) is 14.5. The monoisotopic (exact) mass is 293 g/mol. The molecule has 0 aliphatic carbocycles. The van der Waals surface area contributed by atoms with Crippen molar-refractivity contribution < 1.29 is 9.13 Å². The number of halogens is 2. The molecule has 0 spiro atoms. The van der Waals surface area contributed by atoms with Crippen LogP contribution in [-0.4, -0.2) is 13.7 Å². The van der Waals surface area contributed by atoms with E-state index in [1.165, 1.54) is 13.2 Å². The number of hydrogen-bond acceptors (Lipinski definition) is 2. The van der Waals surface area contributed by atoms with Crippen LogP contribution in [0.3, 0.4) is 0 Å². The fourth-order valence-electron chi connectivity index (χ4n) is 2.18. The highest BCUT2D eigenvalue weighted by Gasteiger charge is 2.15. The molecule has 2 aromatic carbocycles. The zero-order valence-corrected chi connectivity index (χ0v) is 12.2. The standard InChI is InChI=1S/C16H17ClFNO/c1-3-19-16(11-5-4-6-13(17)9-11)12-7-8-15(20-2)14(18)10-12/h4-10,16,19H,3H2,1-2H3. The summed E-state index contributed by atoms with van der Waals surface area (Å²) in [6.07, 6.45) is 0. The maximum absolute atomic E-state index is 13.9. The molecule has 0 saturated heterocycles. The molecule has 0 saturated carbocycles. The van der Waals surface area contributed by atoms with Crippen LogP contribution in [0.4, 0.5) is 4.39 Å². The largest absolute Gasteiger partial charge is 0.494 e. The molecule has 0 radical (unpaired) electrons. The Morgan fingerprint density at radius 1 is 1.20 bits per heavy atom. The Morgan fingerprint density at radius 3 is 2.55 bits per heavy atom. The normalized spacial score (nSPS) is 12.2. The summed E-state index contributed by atoms with van der Waals surface area (Å²) in [7, 11) is 1.46. The third-order valence-electron chi connectivity index (χ3n) is 3.10. The average molecular weight is 294 g/mol. The van der Waals surface area contributed by atoms with Crippen molar-refractivity contribution in [2.75, 3.05) is 13.7 Å². The Balaban J connectivity index is 2.40. The lowest BCUT2D eigenvalue weighted by Gasteiger charge is -2.19. The Bertz CT molecular complexity index is 588. The van der Waals surface area contributed by atoms with Gasteiger partial charge < -0.3 is 10.1 Å². The predicted octanol–water partition coefficient (Wildman–Crippen LogP) is 4.19. The molecule has 4 heteroatoms. The Labute approximate surface area is 123 Å². The SMILES string of the molecule is CCNC(c1cccc(Cl)c1)c1ccc(OC)c(F)c1. The van der Waals surface area contributed by atoms with Crippen LogP contribution in [0.2, 0.25) is 5.02 Å². The molecule has 0 fully saturated rings. The van der Waals surface area contributed by atoms with Gasteiger partial charge in [0, 0.05) is 5.02 Å². The summed E-state index contributed by atoms with van der Waals surface area (Å²) in [4.78, 5) is 0. The third-order valence-corrected chi connectivity index (χ3v) is 3.33. The summed E-state index contributed by atoms with van der Waals surface area (Å²) in [6.45, 7) is 2.78. The first-order valence-electron chi connectivity index (χ1n) is 6.48. The van der Waals surface area contributed by atoms with Crippen molar-refractivity contribution in [2.45, 2.75) is 13.0 Å². The lowest BCUT2D eigenvalue weighted by Crippen LogP contribution is -2.22. The smallest absolute Gasteiger partial charge is 0.165 e. The Kier molecular flexibility index (Phi) is 4.99. The molecule has 2 nitrogen and oxygen atoms in total. The van der Waals surface area contributed by atoms with Gasteiger partial charge in [-0.15, -0.1) is 0 Å². The highest BCUT2D eigenvalue weighted by atomic mass is 35.5. The zero-order valence-electron chi connectivity index (χ0n) is 11.5. The van der Waals surface area contributed by atoms with Gasteiger partial charge in [0.1, 0.15) is 0 Å². The van der Waals surface area contributed by atoms with Crippen LogP contribution < -0.4 is 10.1 Å². The van der Waals surface area contributed by atoms with Gasteiger partial charge in [-0.25, -0.2) is 4.39 Å². The molecule has 2 aromatic rings. The molecule has 0 aliphatic rings. The molecule has 2 rings (SSSR count). The van der Waals surface area contributed by atoms with Crippen molar-refractivity contribution in [3.05, 3.63) is 64.4 Å². The number of hydrogen-bond donors (Lipinski definition) is 1. The summed E-state index contributed by atoms with van der Waals surface area (Å²) in [5.74, 6) is -0.120. The number of benzene rings is 2. The van der Waals surface area contributed by atoms with Gasteiger partial charge >= 0.3 is 0 Å². The molecule has 0 aliphatic heterocycles. The topological polar surface area (TPSA) is 21.3 Å². The van der Waals surface area contributed by atoms with E-state index in [2.05, 4.69) is 5.32 Å². The minimum absolute atomic E-state index is 0.0980. The second kappa shape index (κ2) is 6.73. The molecule has 106 valence electrons. The van der Waals surface area contributed by atoms with Gasteiger partial charge in [0.05, 0.1) is 13.2 Å². The summed E-state index contributed by atoms with van der Waals surface area (Å²) in [5.41, 5.74) is 1.84. The number of nitrogens with one attached hydrogen (secondary N) is 1. The van der Waals surface area contributed by atoms with Crippen LogP contribution in [0.25, 0.3) is 0 Å². The fourth-order valence-corrected chi connectivity index (χ4v) is 2.38. The molecular formula is C16H17ClFNO. The average Bonchev–Trinajstić information content (AvgIpc) is 2.44. The van der Waals surface area contributed by atoms with E-state index < -0.39 is 0 Å². The first kappa shape index (κ1) is 14.8. The van der Waals surface area contributed by atoms with E-state index in [1.54, 1.807) is 6.07 Å². The van der Waals surface area contributed by atoms with Gasteiger partial charge in [0.25, 0.3) is 0 Å². The molecule has 20 heavy (non-hydrogen) atoms.